The molecule has 0 heterocycles. The number of aromatic carboxylic acids is 1. The maximum absolute atomic E-state index is 12.2. The fourth-order valence-corrected chi connectivity index (χ4v) is 7.38. The molecule has 0 amide bonds. The van der Waals surface area contributed by atoms with Crippen LogP contribution in [0, 0.1) is 0 Å². The minimum atomic E-state index is -0.894. The molecule has 0 radical (unpaired) electrons. The van der Waals surface area contributed by atoms with Crippen molar-refractivity contribution in [3.8, 4) is 22.3 Å². The van der Waals surface area contributed by atoms with Gasteiger partial charge in [-0.25, -0.2) is 4.79 Å². The van der Waals surface area contributed by atoms with Crippen LogP contribution in [-0.2, 0) is 5.41 Å². The molecule has 1 aliphatic rings. The van der Waals surface area contributed by atoms with Crippen LogP contribution in [0.5, 0.6) is 0 Å². The normalized spacial score (nSPS) is 13.3. The van der Waals surface area contributed by atoms with Crippen molar-refractivity contribution in [2.75, 3.05) is 0 Å². The van der Waals surface area contributed by atoms with Crippen LogP contribution in [-0.4, -0.2) is 11.1 Å². The van der Waals surface area contributed by atoms with Gasteiger partial charge in [0, 0.05) is 14.4 Å². The monoisotopic (exact) mass is 666 g/mol. The molecule has 3 aromatic carbocycles. The van der Waals surface area contributed by atoms with Crippen molar-refractivity contribution in [1.29, 1.82) is 0 Å². The molecule has 214 valence electrons. The minimum absolute atomic E-state index is 0.0429. The summed E-state index contributed by atoms with van der Waals surface area (Å²) in [5, 5.41) is 10.0. The van der Waals surface area contributed by atoms with Gasteiger partial charge in [0.25, 0.3) is 0 Å². The molecule has 1 aliphatic carbocycles. The molecule has 0 unspecified atom stereocenters. The Kier molecular flexibility index (Phi) is 11.5. The molecule has 3 aromatic rings. The van der Waals surface area contributed by atoms with Crippen molar-refractivity contribution in [1.82, 2.24) is 0 Å². The van der Waals surface area contributed by atoms with E-state index in [0.717, 1.165) is 32.9 Å². The molecule has 4 heteroatoms. The third-order valence-electron chi connectivity index (χ3n) is 8.76. The Morgan fingerprint density at radius 1 is 0.625 bits per heavy atom. The molecule has 0 spiro atoms. The number of carbonyl (C=O) groups is 1. The molecular formula is C36H44Br2O2. The summed E-state index contributed by atoms with van der Waals surface area (Å²) < 4.78 is 1.92. The topological polar surface area (TPSA) is 37.3 Å². The van der Waals surface area contributed by atoms with Crippen molar-refractivity contribution < 1.29 is 9.90 Å². The van der Waals surface area contributed by atoms with Gasteiger partial charge in [-0.05, 0) is 76.6 Å². The Morgan fingerprint density at radius 2 is 1.10 bits per heavy atom. The molecule has 1 N–H and O–H groups in total. The van der Waals surface area contributed by atoms with E-state index in [4.69, 9.17) is 0 Å². The van der Waals surface area contributed by atoms with Gasteiger partial charge in [0.1, 0.15) is 0 Å². The van der Waals surface area contributed by atoms with Gasteiger partial charge in [0.15, 0.2) is 0 Å². The number of hydrogen-bond donors (Lipinski definition) is 1. The average Bonchev–Trinajstić information content (AvgIpc) is 3.20. The van der Waals surface area contributed by atoms with Crippen LogP contribution in [0.15, 0.2) is 63.5 Å². The lowest BCUT2D eigenvalue weighted by atomic mass is 9.70. The van der Waals surface area contributed by atoms with E-state index in [9.17, 15) is 9.90 Å². The summed E-state index contributed by atoms with van der Waals surface area (Å²) in [6.45, 7) is 4.55. The summed E-state index contributed by atoms with van der Waals surface area (Å²) in [5.74, 6) is -0.894. The summed E-state index contributed by atoms with van der Waals surface area (Å²) in [7, 11) is 0. The molecule has 4 rings (SSSR count). The van der Waals surface area contributed by atoms with E-state index in [1.165, 1.54) is 99.3 Å². The number of fused-ring (bicyclic) bond motifs is 3. The van der Waals surface area contributed by atoms with Gasteiger partial charge in [-0.1, -0.05) is 147 Å². The van der Waals surface area contributed by atoms with E-state index in [2.05, 4.69) is 82.1 Å². The van der Waals surface area contributed by atoms with E-state index >= 15 is 0 Å². The number of unbranched alkanes of at least 4 members (excludes halogenated alkanes) is 10. The van der Waals surface area contributed by atoms with Crippen molar-refractivity contribution in [2.45, 2.75) is 109 Å². The maximum Gasteiger partial charge on any atom is 0.336 e. The zero-order valence-electron chi connectivity index (χ0n) is 24.2. The highest BCUT2D eigenvalue weighted by Gasteiger charge is 2.42. The van der Waals surface area contributed by atoms with Crippen LogP contribution in [0.3, 0.4) is 0 Å². The number of hydrogen-bond acceptors (Lipinski definition) is 1. The predicted octanol–water partition coefficient (Wildman–Crippen LogP) is 12.3. The van der Waals surface area contributed by atoms with Gasteiger partial charge in [-0.2, -0.15) is 0 Å². The van der Waals surface area contributed by atoms with E-state index in [0.29, 0.717) is 5.56 Å². The van der Waals surface area contributed by atoms with Crippen molar-refractivity contribution in [2.24, 2.45) is 0 Å². The lowest BCUT2D eigenvalue weighted by Crippen LogP contribution is -2.25. The Morgan fingerprint density at radius 3 is 1.68 bits per heavy atom. The summed E-state index contributed by atoms with van der Waals surface area (Å²) >= 11 is 7.26. The summed E-state index contributed by atoms with van der Waals surface area (Å²) in [6.07, 6.45) is 17.7. The molecule has 0 aromatic heterocycles. The standard InChI is InChI=1S/C36H44Br2O2/c1-3-5-7-9-11-13-21-36(22-14-12-10-8-6-4-2)33-23-26(29-19-16-27(37)24-32(29)35(39)40)15-18-30(33)31-20-17-28(38)25-34(31)36/h15-20,23-25H,3-14,21-22H2,1-2H3,(H,39,40). The first-order chi connectivity index (χ1) is 19.4. The molecular weight excluding hydrogens is 624 g/mol. The molecule has 0 bridgehead atoms. The van der Waals surface area contributed by atoms with Crippen LogP contribution in [0.2, 0.25) is 0 Å². The molecule has 2 nitrogen and oxygen atoms in total. The number of carboxylic acids is 1. The molecule has 0 saturated heterocycles. The highest BCUT2D eigenvalue weighted by molar-refractivity contribution is 9.10. The molecule has 0 aliphatic heterocycles. The van der Waals surface area contributed by atoms with Crippen LogP contribution >= 0.6 is 31.9 Å². The average molecular weight is 669 g/mol. The first-order valence-electron chi connectivity index (χ1n) is 15.4. The third-order valence-corrected chi connectivity index (χ3v) is 9.75. The fraction of sp³-hybridized carbons (Fsp3) is 0.472. The van der Waals surface area contributed by atoms with Crippen LogP contribution in [0.25, 0.3) is 22.3 Å². The van der Waals surface area contributed by atoms with Crippen LogP contribution in [0.4, 0.5) is 0 Å². The minimum Gasteiger partial charge on any atom is -0.478 e. The van der Waals surface area contributed by atoms with Gasteiger partial charge >= 0.3 is 5.97 Å². The second-order valence-electron chi connectivity index (χ2n) is 11.6. The summed E-state index contributed by atoms with van der Waals surface area (Å²) in [5.41, 5.74) is 7.57. The van der Waals surface area contributed by atoms with Crippen LogP contribution < -0.4 is 0 Å². The number of benzene rings is 3. The second-order valence-corrected chi connectivity index (χ2v) is 13.4. The number of halogens is 2. The van der Waals surface area contributed by atoms with E-state index < -0.39 is 5.97 Å². The Bertz CT molecular complexity index is 1280. The third kappa shape index (κ3) is 7.10. The van der Waals surface area contributed by atoms with Crippen molar-refractivity contribution in [3.63, 3.8) is 0 Å². The van der Waals surface area contributed by atoms with E-state index in [1.54, 1.807) is 6.07 Å². The van der Waals surface area contributed by atoms with E-state index in [1.807, 2.05) is 12.1 Å². The zero-order chi connectivity index (χ0) is 28.5. The van der Waals surface area contributed by atoms with Gasteiger partial charge in [-0.3, -0.25) is 0 Å². The smallest absolute Gasteiger partial charge is 0.336 e. The SMILES string of the molecule is CCCCCCCCC1(CCCCCCCC)c2cc(Br)ccc2-c2ccc(-c3ccc(Br)cc3C(=O)O)cc21. The highest BCUT2D eigenvalue weighted by atomic mass is 79.9. The maximum atomic E-state index is 12.2. The molecule has 40 heavy (non-hydrogen) atoms. The first-order valence-corrected chi connectivity index (χ1v) is 17.0. The van der Waals surface area contributed by atoms with Gasteiger partial charge in [0.2, 0.25) is 0 Å². The Balaban J connectivity index is 1.76. The molecule has 0 atom stereocenters. The highest BCUT2D eigenvalue weighted by Crippen LogP contribution is 2.55. The summed E-state index contributed by atoms with van der Waals surface area (Å²) in [4.78, 5) is 12.2. The second kappa shape index (κ2) is 14.8. The summed E-state index contributed by atoms with van der Waals surface area (Å²) in [6, 6.07) is 19.1. The lowest BCUT2D eigenvalue weighted by molar-refractivity contribution is 0.0697. The van der Waals surface area contributed by atoms with Gasteiger partial charge in [0.05, 0.1) is 5.56 Å². The molecule has 0 saturated carbocycles. The Hall–Kier alpha value is -1.91. The van der Waals surface area contributed by atoms with Crippen molar-refractivity contribution in [3.05, 3.63) is 80.2 Å². The van der Waals surface area contributed by atoms with Crippen molar-refractivity contribution >= 4 is 37.8 Å². The largest absolute Gasteiger partial charge is 0.478 e. The van der Waals surface area contributed by atoms with Gasteiger partial charge in [-0.15, -0.1) is 0 Å². The first kappa shape index (κ1) is 31.0. The zero-order valence-corrected chi connectivity index (χ0v) is 27.4. The molecule has 0 fully saturated rings. The van der Waals surface area contributed by atoms with Gasteiger partial charge < -0.3 is 5.11 Å². The number of rotatable bonds is 16. The Labute approximate surface area is 258 Å². The van der Waals surface area contributed by atoms with E-state index in [-0.39, 0.29) is 5.41 Å². The quantitative estimate of drug-likeness (QED) is 0.154. The lowest BCUT2D eigenvalue weighted by Gasteiger charge is -2.33. The van der Waals surface area contributed by atoms with Crippen LogP contribution in [0.1, 0.15) is 125 Å². The fourth-order valence-electron chi connectivity index (χ4n) is 6.66. The number of carboxylic acid groups (broad SMARTS) is 1. The predicted molar refractivity (Wildman–Crippen MR) is 176 cm³/mol.